The van der Waals surface area contributed by atoms with Crippen LogP contribution in [0.3, 0.4) is 0 Å². The highest BCUT2D eigenvalue weighted by molar-refractivity contribution is 7.89. The van der Waals surface area contributed by atoms with Gasteiger partial charge in [-0.3, -0.25) is 4.79 Å². The summed E-state index contributed by atoms with van der Waals surface area (Å²) in [6.45, 7) is -0.698. The number of benzene rings is 1. The van der Waals surface area contributed by atoms with Gasteiger partial charge in [0.2, 0.25) is 10.0 Å². The first-order valence-corrected chi connectivity index (χ1v) is 7.06. The van der Waals surface area contributed by atoms with Crippen LogP contribution >= 0.6 is 0 Å². The van der Waals surface area contributed by atoms with Crippen molar-refractivity contribution in [1.82, 2.24) is 4.31 Å². The number of nitrogens with zero attached hydrogens (tertiary/aromatic N) is 1. The van der Waals surface area contributed by atoms with E-state index in [0.29, 0.717) is 4.31 Å². The van der Waals surface area contributed by atoms with Crippen LogP contribution in [0.4, 0.5) is 8.78 Å². The lowest BCUT2D eigenvalue weighted by Crippen LogP contribution is -2.52. The maximum atomic E-state index is 13.6. The lowest BCUT2D eigenvalue weighted by molar-refractivity contribution is -0.146. The third-order valence-corrected chi connectivity index (χ3v) is 4.81. The smallest absolute Gasteiger partial charge is 0.324 e. The summed E-state index contributed by atoms with van der Waals surface area (Å²) in [5.74, 6) is -3.97. The number of hydrogen-bond donors (Lipinski definition) is 1. The van der Waals surface area contributed by atoms with Gasteiger partial charge in [0.05, 0.1) is 13.2 Å². The first-order chi connectivity index (χ1) is 9.35. The fraction of sp³-hybridized carbons (Fsp3) is 0.364. The van der Waals surface area contributed by atoms with E-state index in [0.717, 1.165) is 18.2 Å². The molecule has 110 valence electrons. The second kappa shape index (κ2) is 5.43. The van der Waals surface area contributed by atoms with Crippen LogP contribution in [0, 0.1) is 11.6 Å². The van der Waals surface area contributed by atoms with Gasteiger partial charge in [-0.15, -0.1) is 0 Å². The van der Waals surface area contributed by atoms with Gasteiger partial charge >= 0.3 is 5.97 Å². The first kappa shape index (κ1) is 14.8. The van der Waals surface area contributed by atoms with E-state index in [1.54, 1.807) is 0 Å². The second-order valence-corrected chi connectivity index (χ2v) is 5.92. The van der Waals surface area contributed by atoms with Crippen molar-refractivity contribution in [3.8, 4) is 0 Å². The van der Waals surface area contributed by atoms with Crippen LogP contribution < -0.4 is 0 Å². The number of carboxylic acid groups (broad SMARTS) is 1. The van der Waals surface area contributed by atoms with Crippen molar-refractivity contribution < 1.29 is 31.8 Å². The van der Waals surface area contributed by atoms with E-state index in [9.17, 15) is 22.0 Å². The molecule has 2 rings (SSSR count). The Labute approximate surface area is 113 Å². The van der Waals surface area contributed by atoms with Crippen LogP contribution in [0.15, 0.2) is 23.1 Å². The summed E-state index contributed by atoms with van der Waals surface area (Å²) in [6, 6.07) is 1.11. The molecule has 1 unspecified atom stereocenters. The summed E-state index contributed by atoms with van der Waals surface area (Å²) in [6.07, 6.45) is 0. The molecule has 1 heterocycles. The van der Waals surface area contributed by atoms with Crippen molar-refractivity contribution in [2.24, 2.45) is 0 Å². The molecule has 1 aromatic rings. The fourth-order valence-electron chi connectivity index (χ4n) is 1.92. The summed E-state index contributed by atoms with van der Waals surface area (Å²) in [5, 5.41) is 8.98. The number of rotatable bonds is 3. The van der Waals surface area contributed by atoms with E-state index in [2.05, 4.69) is 0 Å². The van der Waals surface area contributed by atoms with E-state index >= 15 is 0 Å². The Balaban J connectivity index is 2.51. The molecule has 0 saturated carbocycles. The van der Waals surface area contributed by atoms with Gasteiger partial charge in [0.1, 0.15) is 17.7 Å². The molecule has 1 fully saturated rings. The van der Waals surface area contributed by atoms with Crippen LogP contribution in [0.25, 0.3) is 0 Å². The monoisotopic (exact) mass is 307 g/mol. The Bertz CT molecular complexity index is 613. The normalized spacial score (nSPS) is 20.8. The van der Waals surface area contributed by atoms with Crippen LogP contribution in [-0.2, 0) is 19.6 Å². The van der Waals surface area contributed by atoms with Gasteiger partial charge in [0.25, 0.3) is 0 Å². The Morgan fingerprint density at radius 2 is 1.95 bits per heavy atom. The molecule has 20 heavy (non-hydrogen) atoms. The number of ether oxygens (including phenoxy) is 1. The van der Waals surface area contributed by atoms with Gasteiger partial charge in [-0.25, -0.2) is 17.2 Å². The summed E-state index contributed by atoms with van der Waals surface area (Å²) in [4.78, 5) is 9.89. The fourth-order valence-corrected chi connectivity index (χ4v) is 3.58. The summed E-state index contributed by atoms with van der Waals surface area (Å²) >= 11 is 0. The Hall–Kier alpha value is -1.58. The van der Waals surface area contributed by atoms with Crippen LogP contribution in [0.2, 0.25) is 0 Å². The van der Waals surface area contributed by atoms with Crippen molar-refractivity contribution in [2.45, 2.75) is 10.9 Å². The summed E-state index contributed by atoms with van der Waals surface area (Å²) in [5.41, 5.74) is 0. The van der Waals surface area contributed by atoms with E-state index in [1.165, 1.54) is 0 Å². The average molecular weight is 307 g/mol. The minimum absolute atomic E-state index is 0.0426. The zero-order chi connectivity index (χ0) is 14.9. The SMILES string of the molecule is O=C(O)C1COCCN1S(=O)(=O)c1c(F)cccc1F. The molecule has 0 bridgehead atoms. The van der Waals surface area contributed by atoms with Crippen LogP contribution in [0.5, 0.6) is 0 Å². The minimum atomic E-state index is -4.60. The summed E-state index contributed by atoms with van der Waals surface area (Å²) < 4.78 is 57.2. The molecule has 0 aliphatic carbocycles. The van der Waals surface area contributed by atoms with Gasteiger partial charge in [0, 0.05) is 6.54 Å². The maximum absolute atomic E-state index is 13.6. The number of halogens is 2. The highest BCUT2D eigenvalue weighted by Gasteiger charge is 2.40. The molecule has 9 heteroatoms. The average Bonchev–Trinajstić information content (AvgIpc) is 2.38. The minimum Gasteiger partial charge on any atom is -0.480 e. The number of carbonyl (C=O) groups is 1. The number of carboxylic acids is 1. The molecule has 1 atom stereocenters. The molecule has 1 saturated heterocycles. The zero-order valence-electron chi connectivity index (χ0n) is 10.1. The van der Waals surface area contributed by atoms with Crippen molar-refractivity contribution >= 4 is 16.0 Å². The Morgan fingerprint density at radius 1 is 1.35 bits per heavy atom. The van der Waals surface area contributed by atoms with Gasteiger partial charge in [-0.2, -0.15) is 4.31 Å². The van der Waals surface area contributed by atoms with Crippen molar-refractivity contribution in [3.05, 3.63) is 29.8 Å². The third-order valence-electron chi connectivity index (χ3n) is 2.85. The third kappa shape index (κ3) is 2.51. The molecule has 0 aromatic heterocycles. The van der Waals surface area contributed by atoms with E-state index < -0.39 is 38.6 Å². The Kier molecular flexibility index (Phi) is 4.02. The van der Waals surface area contributed by atoms with E-state index in [4.69, 9.17) is 9.84 Å². The number of aliphatic carboxylic acids is 1. The standard InChI is InChI=1S/C11H11F2NO5S/c12-7-2-1-3-8(13)10(7)20(17,18)14-4-5-19-6-9(14)11(15)16/h1-3,9H,4-6H2,(H,15,16). The second-order valence-electron chi connectivity index (χ2n) is 4.10. The zero-order valence-corrected chi connectivity index (χ0v) is 10.9. The van der Waals surface area contributed by atoms with Crippen molar-refractivity contribution in [3.63, 3.8) is 0 Å². The molecule has 6 nitrogen and oxygen atoms in total. The maximum Gasteiger partial charge on any atom is 0.324 e. The molecule has 0 amide bonds. The van der Waals surface area contributed by atoms with Gasteiger partial charge in [0.15, 0.2) is 4.90 Å². The van der Waals surface area contributed by atoms with Gasteiger partial charge in [-0.05, 0) is 12.1 Å². The van der Waals surface area contributed by atoms with Gasteiger partial charge < -0.3 is 9.84 Å². The predicted molar refractivity (Wildman–Crippen MR) is 62.5 cm³/mol. The summed E-state index contributed by atoms with van der Waals surface area (Å²) in [7, 11) is -4.60. The molecule has 1 aliphatic rings. The quantitative estimate of drug-likeness (QED) is 0.876. The lowest BCUT2D eigenvalue weighted by Gasteiger charge is -2.31. The number of hydrogen-bond acceptors (Lipinski definition) is 4. The highest BCUT2D eigenvalue weighted by atomic mass is 32.2. The molecule has 0 radical (unpaired) electrons. The molecular formula is C11H11F2NO5S. The Morgan fingerprint density at radius 3 is 2.50 bits per heavy atom. The molecule has 1 aromatic carbocycles. The van der Waals surface area contributed by atoms with Crippen LogP contribution in [-0.4, -0.2) is 49.6 Å². The lowest BCUT2D eigenvalue weighted by atomic mass is 10.3. The van der Waals surface area contributed by atoms with E-state index in [-0.39, 0.29) is 19.8 Å². The van der Waals surface area contributed by atoms with Crippen LogP contribution in [0.1, 0.15) is 0 Å². The first-order valence-electron chi connectivity index (χ1n) is 5.62. The predicted octanol–water partition coefficient (Wildman–Crippen LogP) is 0.439. The molecule has 1 aliphatic heterocycles. The van der Waals surface area contributed by atoms with Crippen molar-refractivity contribution in [2.75, 3.05) is 19.8 Å². The molecular weight excluding hydrogens is 296 g/mol. The largest absolute Gasteiger partial charge is 0.480 e. The van der Waals surface area contributed by atoms with Crippen molar-refractivity contribution in [1.29, 1.82) is 0 Å². The number of morpholine rings is 1. The topological polar surface area (TPSA) is 83.9 Å². The highest BCUT2D eigenvalue weighted by Crippen LogP contribution is 2.25. The van der Waals surface area contributed by atoms with Gasteiger partial charge in [-0.1, -0.05) is 6.07 Å². The van der Waals surface area contributed by atoms with E-state index in [1.807, 2.05) is 0 Å². The molecule has 1 N–H and O–H groups in total. The number of sulfonamides is 1. The molecule has 0 spiro atoms.